The number of ether oxygens (including phenoxy) is 2. The largest absolute Gasteiger partial charge is 0.481 e. The first-order valence-corrected chi connectivity index (χ1v) is 16.7. The van der Waals surface area contributed by atoms with Gasteiger partial charge in [-0.15, -0.1) is 0 Å². The van der Waals surface area contributed by atoms with Crippen molar-refractivity contribution in [3.05, 3.63) is 94.6 Å². The van der Waals surface area contributed by atoms with E-state index in [4.69, 9.17) is 37.7 Å². The first kappa shape index (κ1) is 35.3. The summed E-state index contributed by atoms with van der Waals surface area (Å²) in [4.78, 5) is 42.5. The molecule has 1 aliphatic heterocycles. The van der Waals surface area contributed by atoms with Crippen molar-refractivity contribution in [3.63, 3.8) is 0 Å². The van der Waals surface area contributed by atoms with Gasteiger partial charge in [-0.3, -0.25) is 14.5 Å². The fourth-order valence-electron chi connectivity index (χ4n) is 6.40. The molecule has 1 unspecified atom stereocenters. The second kappa shape index (κ2) is 14.8. The van der Waals surface area contributed by atoms with Crippen molar-refractivity contribution in [1.29, 1.82) is 0 Å². The van der Waals surface area contributed by atoms with Crippen LogP contribution in [0.5, 0.6) is 5.88 Å². The Hall–Kier alpha value is -4.52. The number of carbonyl (C=O) groups excluding carboxylic acids is 2. The summed E-state index contributed by atoms with van der Waals surface area (Å²) in [5.74, 6) is -0.968. The van der Waals surface area contributed by atoms with Crippen LogP contribution in [0.15, 0.2) is 60.8 Å². The van der Waals surface area contributed by atoms with Crippen LogP contribution in [0.2, 0.25) is 0 Å². The Morgan fingerprint density at radius 3 is 2.62 bits per heavy atom. The van der Waals surface area contributed by atoms with Gasteiger partial charge in [-0.25, -0.2) is 28.7 Å². The summed E-state index contributed by atoms with van der Waals surface area (Å²) in [6.45, 7) is 3.97. The van der Waals surface area contributed by atoms with Crippen molar-refractivity contribution in [2.45, 2.75) is 43.0 Å². The zero-order chi connectivity index (χ0) is 35.6. The third-order valence-corrected chi connectivity index (χ3v) is 9.96. The maximum Gasteiger partial charge on any atom is 0.308 e. The number of rotatable bonds is 10. The zero-order valence-electron chi connectivity index (χ0n) is 27.5. The second-order valence-corrected chi connectivity index (χ2v) is 13.5. The average molecular weight is 724 g/mol. The number of aromatic nitrogens is 4. The van der Waals surface area contributed by atoms with Crippen LogP contribution in [-0.2, 0) is 16.1 Å². The highest BCUT2D eigenvalue weighted by molar-refractivity contribution is 6.55. The first-order chi connectivity index (χ1) is 24.0. The van der Waals surface area contributed by atoms with Gasteiger partial charge in [0, 0.05) is 29.6 Å². The van der Waals surface area contributed by atoms with Crippen molar-refractivity contribution in [3.8, 4) is 5.88 Å². The Labute approximate surface area is 297 Å². The Balaban J connectivity index is 1.26. The molecule has 14 heteroatoms. The molecule has 4 aromatic rings. The number of methoxy groups -OCH3 is 2. The summed E-state index contributed by atoms with van der Waals surface area (Å²) >= 11 is 14.4. The summed E-state index contributed by atoms with van der Waals surface area (Å²) in [5.41, 5.74) is 4.66. The number of aldehydes is 1. The van der Waals surface area contributed by atoms with E-state index < -0.39 is 22.5 Å². The molecule has 10 nitrogen and oxygen atoms in total. The van der Waals surface area contributed by atoms with Gasteiger partial charge in [-0.05, 0) is 67.8 Å². The number of pyridine rings is 2. The lowest BCUT2D eigenvalue weighted by Crippen LogP contribution is -2.36. The van der Waals surface area contributed by atoms with Crippen LogP contribution in [0.1, 0.15) is 63.8 Å². The maximum absolute atomic E-state index is 13.8. The highest BCUT2D eigenvalue weighted by atomic mass is 35.5. The molecule has 3 aromatic heterocycles. The van der Waals surface area contributed by atoms with Gasteiger partial charge in [0.05, 0.1) is 37.3 Å². The number of carbonyl (C=O) groups is 2. The molecule has 2 aliphatic rings. The number of piperidine rings is 1. The lowest BCUT2D eigenvalue weighted by atomic mass is 9.84. The molecule has 0 amide bonds. The minimum atomic E-state index is -2.94. The standard InChI is InChI=1S/C36H34Cl2F2N6O4/c1-20-24(6-4-9-27(20)42-32-30-29(16-21(19-47)17-41-30)43-33(45-32)31(39)40)25-7-5-8-26(36(25,37)38)28-11-10-23(34(44-28)49-2)18-46-14-12-22(13-15-46)35(48)50-3/h4-11,16-17,19,22,26,31H,12-15,18H2,1-3H3,(H,42,43,45). The number of nitrogens with zero attached hydrogens (tertiary/aromatic N) is 5. The predicted octanol–water partition coefficient (Wildman–Crippen LogP) is 7.53. The highest BCUT2D eigenvalue weighted by Crippen LogP contribution is 2.51. The Morgan fingerprint density at radius 2 is 1.92 bits per heavy atom. The number of likely N-dealkylation sites (tertiary alicyclic amines) is 1. The minimum absolute atomic E-state index is 0.0608. The van der Waals surface area contributed by atoms with E-state index in [0.717, 1.165) is 42.6 Å². The van der Waals surface area contributed by atoms with Crippen molar-refractivity contribution in [2.75, 3.05) is 32.6 Å². The monoisotopic (exact) mass is 722 g/mol. The number of fused-ring (bicyclic) bond motifs is 1. The molecule has 0 saturated carbocycles. The summed E-state index contributed by atoms with van der Waals surface area (Å²) in [5, 5.41) is 3.14. The number of hydrogen-bond donors (Lipinski definition) is 1. The van der Waals surface area contributed by atoms with Crippen molar-refractivity contribution in [1.82, 2.24) is 24.8 Å². The molecule has 1 atom stereocenters. The second-order valence-electron chi connectivity index (χ2n) is 12.1. The fourth-order valence-corrected chi connectivity index (χ4v) is 7.09. The molecular formula is C36H34Cl2F2N6O4. The number of hydrogen-bond acceptors (Lipinski definition) is 10. The van der Waals surface area contributed by atoms with Gasteiger partial charge in [0.25, 0.3) is 6.43 Å². The molecule has 1 saturated heterocycles. The van der Waals surface area contributed by atoms with E-state index in [0.29, 0.717) is 35.7 Å². The first-order valence-electron chi connectivity index (χ1n) is 15.9. The molecule has 0 radical (unpaired) electrons. The quantitative estimate of drug-likeness (QED) is 0.1000. The Bertz CT molecular complexity index is 2000. The van der Waals surface area contributed by atoms with Crippen molar-refractivity contribution < 1.29 is 27.8 Å². The number of allylic oxidation sites excluding steroid dienone is 4. The molecule has 0 bridgehead atoms. The van der Waals surface area contributed by atoms with Crippen LogP contribution in [0.3, 0.4) is 0 Å². The molecule has 50 heavy (non-hydrogen) atoms. The third kappa shape index (κ3) is 7.05. The van der Waals surface area contributed by atoms with Crippen LogP contribution >= 0.6 is 23.2 Å². The predicted molar refractivity (Wildman–Crippen MR) is 187 cm³/mol. The number of halogens is 4. The van der Waals surface area contributed by atoms with E-state index >= 15 is 0 Å². The molecule has 1 aliphatic carbocycles. The van der Waals surface area contributed by atoms with Gasteiger partial charge in [0.15, 0.2) is 22.3 Å². The Morgan fingerprint density at radius 1 is 1.14 bits per heavy atom. The van der Waals surface area contributed by atoms with Gasteiger partial charge in [0.2, 0.25) is 5.88 Å². The SMILES string of the molecule is COC(=O)C1CCN(Cc2ccc(C3C=CC=C(c4cccc(Nc5nc(C(F)F)nc6cc(C=O)cnc56)c4C)C3(Cl)Cl)nc2OC)CC1. The number of nitrogens with one attached hydrogen (secondary N) is 1. The van der Waals surface area contributed by atoms with Crippen molar-refractivity contribution >= 4 is 63.6 Å². The van der Waals surface area contributed by atoms with Crippen LogP contribution in [-0.4, -0.2) is 68.7 Å². The van der Waals surface area contributed by atoms with E-state index in [1.165, 1.54) is 19.4 Å². The summed E-state index contributed by atoms with van der Waals surface area (Å²) in [6, 6.07) is 10.7. The van der Waals surface area contributed by atoms with Gasteiger partial charge in [-0.2, -0.15) is 0 Å². The normalized spacial score (nSPS) is 17.8. The van der Waals surface area contributed by atoms with Gasteiger partial charge < -0.3 is 14.8 Å². The van der Waals surface area contributed by atoms with E-state index in [1.54, 1.807) is 19.2 Å². The fraction of sp³-hybridized carbons (Fsp3) is 0.333. The van der Waals surface area contributed by atoms with Crippen LogP contribution in [0.4, 0.5) is 20.3 Å². The van der Waals surface area contributed by atoms with Crippen LogP contribution in [0.25, 0.3) is 16.6 Å². The van der Waals surface area contributed by atoms with Crippen LogP contribution < -0.4 is 10.1 Å². The van der Waals surface area contributed by atoms with Crippen LogP contribution in [0, 0.1) is 12.8 Å². The van der Waals surface area contributed by atoms with Gasteiger partial charge >= 0.3 is 5.97 Å². The lowest BCUT2D eigenvalue weighted by Gasteiger charge is -2.34. The summed E-state index contributed by atoms with van der Waals surface area (Å²) in [6.07, 6.45) is 6.01. The molecule has 1 N–H and O–H groups in total. The molecule has 1 fully saturated rings. The maximum atomic E-state index is 13.8. The van der Waals surface area contributed by atoms with E-state index in [9.17, 15) is 18.4 Å². The van der Waals surface area contributed by atoms with Crippen molar-refractivity contribution in [2.24, 2.45) is 5.92 Å². The molecular weight excluding hydrogens is 689 g/mol. The molecule has 6 rings (SSSR count). The van der Waals surface area contributed by atoms with E-state index in [2.05, 4.69) is 25.2 Å². The topological polar surface area (TPSA) is 119 Å². The van der Waals surface area contributed by atoms with E-state index in [1.807, 2.05) is 43.4 Å². The minimum Gasteiger partial charge on any atom is -0.481 e. The third-order valence-electron chi connectivity index (χ3n) is 9.09. The smallest absolute Gasteiger partial charge is 0.308 e. The summed E-state index contributed by atoms with van der Waals surface area (Å²) < 4.78 is 36.7. The van der Waals surface area contributed by atoms with Gasteiger partial charge in [-0.1, -0.05) is 59.6 Å². The van der Waals surface area contributed by atoms with E-state index in [-0.39, 0.29) is 34.3 Å². The number of benzene rings is 1. The number of alkyl halides is 4. The Kier molecular flexibility index (Phi) is 10.4. The highest BCUT2D eigenvalue weighted by Gasteiger charge is 2.42. The van der Waals surface area contributed by atoms with Gasteiger partial charge in [0.1, 0.15) is 5.52 Å². The summed E-state index contributed by atoms with van der Waals surface area (Å²) in [7, 11) is 2.99. The molecule has 4 heterocycles. The average Bonchev–Trinajstić information content (AvgIpc) is 3.12. The zero-order valence-corrected chi connectivity index (χ0v) is 29.0. The number of anilines is 2. The molecule has 0 spiro atoms. The molecule has 1 aromatic carbocycles. The molecule has 260 valence electrons. The lowest BCUT2D eigenvalue weighted by molar-refractivity contribution is -0.147. The number of esters is 1.